The SMILES string of the molecule is C=CCn1c(SC(C)c2nc(N)nc(Nc3ccccc3)n2)nnc1C1CC1. The van der Waals surface area contributed by atoms with E-state index < -0.39 is 0 Å². The molecule has 1 atom stereocenters. The number of nitrogens with two attached hydrogens (primary N) is 1. The molecule has 0 spiro atoms. The van der Waals surface area contributed by atoms with E-state index >= 15 is 0 Å². The number of thioether (sulfide) groups is 1. The molecule has 4 rings (SSSR count). The molecule has 0 aliphatic heterocycles. The smallest absolute Gasteiger partial charge is 0.232 e. The maximum absolute atomic E-state index is 5.92. The molecule has 1 aliphatic rings. The summed E-state index contributed by atoms with van der Waals surface area (Å²) in [5.41, 5.74) is 6.80. The lowest BCUT2D eigenvalue weighted by Crippen LogP contribution is -2.09. The molecule has 1 unspecified atom stereocenters. The van der Waals surface area contributed by atoms with Crippen LogP contribution in [0.2, 0.25) is 0 Å². The Kier molecular flexibility index (Phi) is 5.25. The number of nitrogen functional groups attached to an aromatic ring is 1. The monoisotopic (exact) mass is 394 g/mol. The molecule has 28 heavy (non-hydrogen) atoms. The van der Waals surface area contributed by atoms with Crippen molar-refractivity contribution in [2.24, 2.45) is 0 Å². The first-order valence-electron chi connectivity index (χ1n) is 9.18. The molecule has 8 nitrogen and oxygen atoms in total. The van der Waals surface area contributed by atoms with Gasteiger partial charge in [0.25, 0.3) is 0 Å². The third kappa shape index (κ3) is 4.14. The molecule has 1 saturated carbocycles. The highest BCUT2D eigenvalue weighted by Crippen LogP contribution is 2.41. The molecular formula is C19H22N8S. The van der Waals surface area contributed by atoms with Crippen LogP contribution in [0.25, 0.3) is 0 Å². The fraction of sp³-hybridized carbons (Fsp3) is 0.316. The first kappa shape index (κ1) is 18.4. The quantitative estimate of drug-likeness (QED) is 0.440. The Morgan fingerprint density at radius 2 is 2.04 bits per heavy atom. The highest BCUT2D eigenvalue weighted by atomic mass is 32.2. The van der Waals surface area contributed by atoms with E-state index in [-0.39, 0.29) is 11.2 Å². The molecule has 1 fully saturated rings. The van der Waals surface area contributed by atoms with E-state index in [2.05, 4.69) is 41.6 Å². The van der Waals surface area contributed by atoms with Gasteiger partial charge in [0.15, 0.2) is 5.16 Å². The highest BCUT2D eigenvalue weighted by Gasteiger charge is 2.30. The summed E-state index contributed by atoms with van der Waals surface area (Å²) in [5.74, 6) is 2.76. The van der Waals surface area contributed by atoms with Gasteiger partial charge >= 0.3 is 0 Å². The fourth-order valence-corrected chi connectivity index (χ4v) is 3.75. The average molecular weight is 395 g/mol. The number of benzene rings is 1. The normalized spacial score (nSPS) is 14.6. The van der Waals surface area contributed by atoms with Crippen LogP contribution in [0, 0.1) is 0 Å². The van der Waals surface area contributed by atoms with Gasteiger partial charge < -0.3 is 15.6 Å². The van der Waals surface area contributed by atoms with E-state index in [9.17, 15) is 0 Å². The largest absolute Gasteiger partial charge is 0.368 e. The van der Waals surface area contributed by atoms with Crippen LogP contribution in [0.5, 0.6) is 0 Å². The summed E-state index contributed by atoms with van der Waals surface area (Å²) in [5, 5.41) is 12.7. The van der Waals surface area contributed by atoms with Crippen molar-refractivity contribution in [1.29, 1.82) is 0 Å². The third-order valence-electron chi connectivity index (χ3n) is 4.35. The molecular weight excluding hydrogens is 372 g/mol. The van der Waals surface area contributed by atoms with Crippen molar-refractivity contribution >= 4 is 29.3 Å². The second-order valence-electron chi connectivity index (χ2n) is 6.64. The van der Waals surface area contributed by atoms with Crippen molar-refractivity contribution < 1.29 is 0 Å². The van der Waals surface area contributed by atoms with E-state index in [1.807, 2.05) is 43.3 Å². The van der Waals surface area contributed by atoms with Crippen LogP contribution in [0.3, 0.4) is 0 Å². The van der Waals surface area contributed by atoms with Crippen molar-refractivity contribution in [3.05, 3.63) is 54.6 Å². The van der Waals surface area contributed by atoms with Gasteiger partial charge in [-0.3, -0.25) is 0 Å². The zero-order valence-corrected chi connectivity index (χ0v) is 16.4. The van der Waals surface area contributed by atoms with Crippen molar-refractivity contribution in [1.82, 2.24) is 29.7 Å². The van der Waals surface area contributed by atoms with Crippen LogP contribution in [0.1, 0.15) is 42.6 Å². The Morgan fingerprint density at radius 3 is 2.75 bits per heavy atom. The lowest BCUT2D eigenvalue weighted by atomic mass is 10.3. The third-order valence-corrected chi connectivity index (χ3v) is 5.42. The predicted octanol–water partition coefficient (Wildman–Crippen LogP) is 3.71. The minimum Gasteiger partial charge on any atom is -0.368 e. The van der Waals surface area contributed by atoms with Gasteiger partial charge in [-0.2, -0.15) is 15.0 Å². The van der Waals surface area contributed by atoms with E-state index in [4.69, 9.17) is 5.73 Å². The summed E-state index contributed by atoms with van der Waals surface area (Å²) in [6, 6.07) is 9.71. The molecule has 3 N–H and O–H groups in total. The highest BCUT2D eigenvalue weighted by molar-refractivity contribution is 7.99. The van der Waals surface area contributed by atoms with Gasteiger partial charge in [-0.15, -0.1) is 16.8 Å². The van der Waals surface area contributed by atoms with Gasteiger partial charge in [0.2, 0.25) is 11.9 Å². The van der Waals surface area contributed by atoms with Crippen molar-refractivity contribution in [3.63, 3.8) is 0 Å². The number of allylic oxidation sites excluding steroid dienone is 1. The summed E-state index contributed by atoms with van der Waals surface area (Å²) < 4.78 is 2.12. The molecule has 0 saturated heterocycles. The molecule has 1 aromatic carbocycles. The number of rotatable bonds is 8. The molecule has 1 aliphatic carbocycles. The molecule has 0 bridgehead atoms. The lowest BCUT2D eigenvalue weighted by molar-refractivity contribution is 0.679. The molecule has 0 radical (unpaired) electrons. The Morgan fingerprint density at radius 1 is 1.25 bits per heavy atom. The average Bonchev–Trinajstić information content (AvgIpc) is 3.45. The van der Waals surface area contributed by atoms with Gasteiger partial charge in [0.1, 0.15) is 11.6 Å². The van der Waals surface area contributed by atoms with Gasteiger partial charge in [0, 0.05) is 18.2 Å². The van der Waals surface area contributed by atoms with Crippen molar-refractivity contribution in [2.75, 3.05) is 11.1 Å². The predicted molar refractivity (Wildman–Crippen MR) is 110 cm³/mol. The zero-order chi connectivity index (χ0) is 19.5. The summed E-state index contributed by atoms with van der Waals surface area (Å²) in [4.78, 5) is 13.1. The van der Waals surface area contributed by atoms with Crippen LogP contribution in [0.15, 0.2) is 48.1 Å². The zero-order valence-electron chi connectivity index (χ0n) is 15.6. The van der Waals surface area contributed by atoms with E-state index in [1.165, 1.54) is 12.8 Å². The summed E-state index contributed by atoms with van der Waals surface area (Å²) in [6.07, 6.45) is 4.22. The molecule has 0 amide bonds. The molecule has 9 heteroatoms. The van der Waals surface area contributed by atoms with Gasteiger partial charge in [-0.1, -0.05) is 36.0 Å². The minimum atomic E-state index is -0.0681. The number of aromatic nitrogens is 6. The standard InChI is InChI=1S/C19H22N8S/c1-3-11-27-16(13-9-10-13)25-26-19(27)28-12(2)15-22-17(20)24-18(23-15)21-14-7-5-4-6-8-14/h3-8,12-13H,1,9-11H2,2H3,(H3,20,21,22,23,24). The number of hydrogen-bond donors (Lipinski definition) is 2. The Hall–Kier alpha value is -2.94. The van der Waals surface area contributed by atoms with Gasteiger partial charge in [-0.05, 0) is 31.9 Å². The Labute approximate surface area is 167 Å². The van der Waals surface area contributed by atoms with Crippen LogP contribution < -0.4 is 11.1 Å². The number of hydrogen-bond acceptors (Lipinski definition) is 8. The maximum atomic E-state index is 5.92. The van der Waals surface area contributed by atoms with Crippen LogP contribution in [0.4, 0.5) is 17.6 Å². The summed E-state index contributed by atoms with van der Waals surface area (Å²) in [7, 11) is 0. The minimum absolute atomic E-state index is 0.0681. The summed E-state index contributed by atoms with van der Waals surface area (Å²) >= 11 is 1.56. The second kappa shape index (κ2) is 7.97. The Balaban J connectivity index is 1.55. The van der Waals surface area contributed by atoms with E-state index in [0.29, 0.717) is 24.2 Å². The summed E-state index contributed by atoms with van der Waals surface area (Å²) in [6.45, 7) is 6.57. The van der Waals surface area contributed by atoms with Crippen molar-refractivity contribution in [2.45, 2.75) is 42.6 Å². The lowest BCUT2D eigenvalue weighted by Gasteiger charge is -2.13. The second-order valence-corrected chi connectivity index (χ2v) is 7.95. The van der Waals surface area contributed by atoms with Gasteiger partial charge in [0.05, 0.1) is 5.25 Å². The molecule has 2 heterocycles. The first-order chi connectivity index (χ1) is 13.6. The van der Waals surface area contributed by atoms with E-state index in [1.54, 1.807) is 11.8 Å². The fourth-order valence-electron chi connectivity index (χ4n) is 2.84. The molecule has 2 aromatic heterocycles. The van der Waals surface area contributed by atoms with Crippen LogP contribution in [-0.4, -0.2) is 29.7 Å². The van der Waals surface area contributed by atoms with Crippen LogP contribution in [-0.2, 0) is 6.54 Å². The van der Waals surface area contributed by atoms with Gasteiger partial charge in [-0.25, -0.2) is 0 Å². The number of nitrogens with zero attached hydrogens (tertiary/aromatic N) is 6. The number of nitrogens with one attached hydrogen (secondary N) is 1. The maximum Gasteiger partial charge on any atom is 0.232 e. The Bertz CT molecular complexity index is 967. The molecule has 144 valence electrons. The number of para-hydroxylation sites is 1. The number of anilines is 3. The van der Waals surface area contributed by atoms with Crippen molar-refractivity contribution in [3.8, 4) is 0 Å². The topological polar surface area (TPSA) is 107 Å². The van der Waals surface area contributed by atoms with E-state index in [0.717, 1.165) is 16.7 Å². The first-order valence-corrected chi connectivity index (χ1v) is 10.1. The van der Waals surface area contributed by atoms with Crippen LogP contribution >= 0.6 is 11.8 Å². The molecule has 3 aromatic rings.